The lowest BCUT2D eigenvalue weighted by Gasteiger charge is -2.50. The predicted octanol–water partition coefficient (Wildman–Crippen LogP) is 4.13. The summed E-state index contributed by atoms with van der Waals surface area (Å²) in [6.45, 7) is 7.08. The Balaban J connectivity index is 1.23. The minimum atomic E-state index is -1.23. The highest BCUT2D eigenvalue weighted by atomic mass is 16.8. The number of carbonyl (C=O) groups excluding carboxylic acids is 2. The number of aliphatic hydroxyl groups is 1. The van der Waals surface area contributed by atoms with E-state index in [9.17, 15) is 24.8 Å². The minimum Gasteiger partial charge on any atom is -0.454 e. The van der Waals surface area contributed by atoms with Gasteiger partial charge < -0.3 is 47.7 Å². The Morgan fingerprint density at radius 1 is 0.940 bits per heavy atom. The molecule has 0 bridgehead atoms. The maximum Gasteiger partial charge on any atom is 0.509 e. The van der Waals surface area contributed by atoms with Crippen LogP contribution >= 0.6 is 0 Å². The van der Waals surface area contributed by atoms with Crippen molar-refractivity contribution in [2.24, 2.45) is 5.41 Å². The molecule has 6 rings (SSSR count). The van der Waals surface area contributed by atoms with Gasteiger partial charge in [0.15, 0.2) is 37.2 Å². The van der Waals surface area contributed by atoms with Gasteiger partial charge in [-0.2, -0.15) is 0 Å². The van der Waals surface area contributed by atoms with Crippen LogP contribution in [0.25, 0.3) is 0 Å². The van der Waals surface area contributed by atoms with Gasteiger partial charge in [0, 0.05) is 24.3 Å². The van der Waals surface area contributed by atoms with Gasteiger partial charge in [0.05, 0.1) is 23.0 Å². The smallest absolute Gasteiger partial charge is 0.454 e. The molecule has 50 heavy (non-hydrogen) atoms. The van der Waals surface area contributed by atoms with Gasteiger partial charge in [-0.25, -0.2) is 4.79 Å². The Kier molecular flexibility index (Phi) is 11.0. The maximum absolute atomic E-state index is 13.4. The second kappa shape index (κ2) is 15.3. The molecule has 4 aliphatic heterocycles. The molecule has 4 saturated heterocycles. The van der Waals surface area contributed by atoms with Crippen molar-refractivity contribution < 1.29 is 62.3 Å². The molecule has 2 aromatic carbocycles. The van der Waals surface area contributed by atoms with E-state index in [0.717, 1.165) is 11.1 Å². The van der Waals surface area contributed by atoms with Gasteiger partial charge in [-0.05, 0) is 52.5 Å². The van der Waals surface area contributed by atoms with E-state index in [4.69, 9.17) is 42.6 Å². The lowest BCUT2D eigenvalue weighted by Crippen LogP contribution is -2.66. The Morgan fingerprint density at radius 3 is 2.36 bits per heavy atom. The fourth-order valence-electron chi connectivity index (χ4n) is 6.22. The van der Waals surface area contributed by atoms with Crippen LogP contribution in [-0.4, -0.2) is 96.8 Å². The van der Waals surface area contributed by atoms with Crippen molar-refractivity contribution in [3.8, 4) is 0 Å². The summed E-state index contributed by atoms with van der Waals surface area (Å²) < 4.78 is 54.5. The number of ether oxygens (including phenoxy) is 9. The summed E-state index contributed by atoms with van der Waals surface area (Å²) in [7, 11) is 0. The Bertz CT molecular complexity index is 1480. The summed E-state index contributed by atoms with van der Waals surface area (Å²) in [5.41, 5.74) is 0.827. The van der Waals surface area contributed by atoms with E-state index in [0.29, 0.717) is 19.3 Å². The highest BCUT2D eigenvalue weighted by molar-refractivity contribution is 5.75. The Morgan fingerprint density at radius 2 is 1.66 bits per heavy atom. The first kappa shape index (κ1) is 36.1. The highest BCUT2D eigenvalue weighted by Gasteiger charge is 2.58. The lowest BCUT2D eigenvalue weighted by atomic mass is 9.94. The number of aryl methyl sites for hydroxylation is 1. The van der Waals surface area contributed by atoms with E-state index < -0.39 is 90.2 Å². The molecule has 0 amide bonds. The third-order valence-electron chi connectivity index (χ3n) is 9.01. The van der Waals surface area contributed by atoms with Crippen LogP contribution < -0.4 is 0 Å². The minimum absolute atomic E-state index is 0.0293. The van der Waals surface area contributed by atoms with Crippen molar-refractivity contribution in [2.45, 2.75) is 115 Å². The average Bonchev–Trinajstić information content (AvgIpc) is 3.50. The topological polar surface area (TPSA) is 181 Å². The number of esters is 1. The van der Waals surface area contributed by atoms with Gasteiger partial charge in [-0.3, -0.25) is 14.9 Å². The van der Waals surface area contributed by atoms with E-state index in [2.05, 4.69) is 0 Å². The Hall–Kier alpha value is -3.70. The quantitative estimate of drug-likeness (QED) is 0.153. The van der Waals surface area contributed by atoms with Crippen LogP contribution in [0.15, 0.2) is 54.6 Å². The fourth-order valence-corrected chi connectivity index (χ4v) is 6.22. The second-order valence-corrected chi connectivity index (χ2v) is 13.8. The monoisotopic (exact) mass is 701 g/mol. The largest absolute Gasteiger partial charge is 0.509 e. The first-order valence-corrected chi connectivity index (χ1v) is 16.8. The van der Waals surface area contributed by atoms with Crippen LogP contribution in [0.5, 0.6) is 0 Å². The zero-order valence-electron chi connectivity index (χ0n) is 28.3. The predicted molar refractivity (Wildman–Crippen MR) is 170 cm³/mol. The molecule has 1 unspecified atom stereocenters. The molecule has 11 atom stereocenters. The molecular weight excluding hydrogens is 658 g/mol. The summed E-state index contributed by atoms with van der Waals surface area (Å²) in [5.74, 6) is -0.543. The van der Waals surface area contributed by atoms with E-state index in [1.807, 2.05) is 30.3 Å². The molecule has 0 aliphatic carbocycles. The highest BCUT2D eigenvalue weighted by Crippen LogP contribution is 2.40. The van der Waals surface area contributed by atoms with Gasteiger partial charge in [-0.15, -0.1) is 0 Å². The summed E-state index contributed by atoms with van der Waals surface area (Å²) in [5, 5.41) is 21.7. The number of nitro benzene ring substituents is 1. The number of benzene rings is 2. The van der Waals surface area contributed by atoms with E-state index in [-0.39, 0.29) is 18.9 Å². The normalized spacial score (nSPS) is 33.8. The summed E-state index contributed by atoms with van der Waals surface area (Å²) in [6.07, 6.45) is -10.1. The zero-order chi connectivity index (χ0) is 35.6. The third-order valence-corrected chi connectivity index (χ3v) is 9.01. The van der Waals surface area contributed by atoms with Gasteiger partial charge in [0.1, 0.15) is 24.4 Å². The van der Waals surface area contributed by atoms with Crippen LogP contribution in [0.4, 0.5) is 10.5 Å². The summed E-state index contributed by atoms with van der Waals surface area (Å²) >= 11 is 0. The maximum atomic E-state index is 13.4. The van der Waals surface area contributed by atoms with Crippen molar-refractivity contribution in [1.29, 1.82) is 0 Å². The van der Waals surface area contributed by atoms with Crippen LogP contribution in [0.2, 0.25) is 0 Å². The third kappa shape index (κ3) is 8.09. The average molecular weight is 702 g/mol. The van der Waals surface area contributed by atoms with Crippen molar-refractivity contribution in [3.63, 3.8) is 0 Å². The van der Waals surface area contributed by atoms with Crippen LogP contribution in [-0.2, 0) is 53.8 Å². The summed E-state index contributed by atoms with van der Waals surface area (Å²) in [4.78, 5) is 36.1. The van der Waals surface area contributed by atoms with Crippen molar-refractivity contribution in [1.82, 2.24) is 0 Å². The molecule has 4 fully saturated rings. The van der Waals surface area contributed by atoms with E-state index >= 15 is 0 Å². The number of unbranched alkanes of at least 4 members (excludes halogenated alkanes) is 1. The molecule has 15 heteroatoms. The van der Waals surface area contributed by atoms with Crippen molar-refractivity contribution in [3.05, 3.63) is 75.8 Å². The first-order chi connectivity index (χ1) is 23.9. The van der Waals surface area contributed by atoms with E-state index in [1.54, 1.807) is 39.8 Å². The number of carbonyl (C=O) groups is 2. The number of fused-ring (bicyclic) bond motifs is 2. The van der Waals surface area contributed by atoms with Gasteiger partial charge in [-0.1, -0.05) is 42.5 Å². The first-order valence-electron chi connectivity index (χ1n) is 16.8. The van der Waals surface area contributed by atoms with Crippen molar-refractivity contribution in [2.75, 3.05) is 13.2 Å². The van der Waals surface area contributed by atoms with Crippen LogP contribution in [0.3, 0.4) is 0 Å². The molecule has 1 N–H and O–H groups in total. The lowest BCUT2D eigenvalue weighted by molar-refractivity contribution is -0.388. The van der Waals surface area contributed by atoms with Crippen LogP contribution in [0, 0.1) is 15.5 Å². The SMILES string of the molecule is C[C@@H]1O[C@@H](O[C@H]2[C@H]3OC(c4ccccc4)OC[C@H]3O[C@@H](OCCCCc3ccc([N+](=O)[O-])cc3)[C@@H]2OC(=O)C(C)(C)C)[C@@H]2OC(=O)O[C@@H]2[C@H]1O. The number of nitrogens with zero attached hydrogens (tertiary/aromatic N) is 1. The molecule has 272 valence electrons. The fraction of sp³-hybridized carbons (Fsp3) is 0.600. The van der Waals surface area contributed by atoms with Gasteiger partial charge in [0.2, 0.25) is 0 Å². The molecule has 0 spiro atoms. The van der Waals surface area contributed by atoms with Gasteiger partial charge >= 0.3 is 12.1 Å². The van der Waals surface area contributed by atoms with Crippen LogP contribution in [0.1, 0.15) is 58.0 Å². The molecule has 2 aromatic rings. The van der Waals surface area contributed by atoms with Crippen molar-refractivity contribution >= 4 is 17.8 Å². The number of nitro groups is 1. The number of non-ortho nitro benzene ring substituents is 1. The molecule has 0 radical (unpaired) electrons. The summed E-state index contributed by atoms with van der Waals surface area (Å²) in [6, 6.07) is 15.7. The molecule has 4 aliphatic rings. The number of aliphatic hydroxyl groups excluding tert-OH is 1. The molecule has 0 saturated carbocycles. The zero-order valence-corrected chi connectivity index (χ0v) is 28.3. The number of hydrogen-bond donors (Lipinski definition) is 1. The number of rotatable bonds is 11. The van der Waals surface area contributed by atoms with E-state index in [1.165, 1.54) is 12.1 Å². The van der Waals surface area contributed by atoms with Gasteiger partial charge in [0.25, 0.3) is 5.69 Å². The second-order valence-electron chi connectivity index (χ2n) is 13.8. The number of hydrogen-bond acceptors (Lipinski definition) is 14. The molecule has 15 nitrogen and oxygen atoms in total. The molecule has 4 heterocycles. The molecular formula is C35H43NO14. The molecule has 0 aromatic heterocycles. The standard InChI is InChI=1S/C35H43NO14/c1-19-24(37)26-28(50-34(39)49-26)32(44-19)47-27-25-23(18-43-30(46-25)21-11-6-5-7-12-21)45-31(29(27)48-33(38)35(2,3)4)42-17-9-8-10-20-13-15-22(16-14-20)36(40)41/h5-7,11-16,19,23-32,37H,8-10,17-18H2,1-4H3/t19-,23+,24-,25-,26+,27-,28+,29+,30?,31+,32-/m0/s1. The Labute approximate surface area is 289 Å².